The van der Waals surface area contributed by atoms with Crippen molar-refractivity contribution in [2.75, 3.05) is 0 Å². The van der Waals surface area contributed by atoms with Crippen molar-refractivity contribution in [2.45, 2.75) is 400 Å². The molecule has 0 N–H and O–H groups in total. The molecular weight excluding hydrogens is 1100 g/mol. The van der Waals surface area contributed by atoms with Crippen LogP contribution in [0.15, 0.2) is 76.7 Å². The minimum Gasteiger partial charge on any atom is -0.252 e. The van der Waals surface area contributed by atoms with Gasteiger partial charge in [-0.2, -0.15) is 0 Å². The van der Waals surface area contributed by atoms with E-state index in [1.54, 1.807) is 0 Å². The van der Waals surface area contributed by atoms with E-state index in [4.69, 9.17) is 9.98 Å². The van der Waals surface area contributed by atoms with Crippen molar-refractivity contribution in [3.63, 3.8) is 0 Å². The number of hydrogen-bond donors (Lipinski definition) is 0. The number of hydrogen-bond acceptors (Lipinski definition) is 2. The van der Waals surface area contributed by atoms with Gasteiger partial charge < -0.3 is 0 Å². The Morgan fingerprint density at radius 2 is 0.590 bits per heavy atom. The number of aryl methyl sites for hydroxylation is 1. The van der Waals surface area contributed by atoms with Crippen molar-refractivity contribution < 1.29 is 20.4 Å². The molecule has 3 heteroatoms. The van der Waals surface area contributed by atoms with Crippen LogP contribution in [0, 0.1) is 0 Å². The first kappa shape index (κ1) is 78.9. The summed E-state index contributed by atoms with van der Waals surface area (Å²) in [5, 5.41) is 0. The Bertz CT molecular complexity index is 1740. The average Bonchev–Trinajstić information content (AvgIpc) is 3.49. The molecule has 0 atom stereocenters. The Hall–Kier alpha value is -2.08. The predicted octanol–water partition coefficient (Wildman–Crippen LogP) is 29.0. The van der Waals surface area contributed by atoms with Gasteiger partial charge in [-0.05, 0) is 100.0 Å². The first-order valence-corrected chi connectivity index (χ1v) is 37.4. The molecule has 2 rings (SSSR count). The second-order valence-electron chi connectivity index (χ2n) is 25.8. The molecule has 0 spiro atoms. The van der Waals surface area contributed by atoms with Crippen LogP contribution < -0.4 is 0 Å². The summed E-state index contributed by atoms with van der Waals surface area (Å²) in [6.07, 6.45) is 89.5. The normalized spacial score (nSPS) is 12.2. The largest absolute Gasteiger partial charge is 0.252 e. The number of aliphatic imine (C=N–C) groups is 2. The van der Waals surface area contributed by atoms with Gasteiger partial charge in [0.15, 0.2) is 0 Å². The molecular formula is C80H140N2Pd. The molecule has 0 radical (unpaired) electrons. The van der Waals surface area contributed by atoms with Crippen LogP contribution >= 0.6 is 0 Å². The van der Waals surface area contributed by atoms with E-state index in [-0.39, 0.29) is 20.4 Å². The molecule has 2 nitrogen and oxygen atoms in total. The summed E-state index contributed by atoms with van der Waals surface area (Å²) in [5.74, 6) is 0. The smallest absolute Gasteiger partial charge is 0.0665 e. The Morgan fingerprint density at radius 3 is 0.976 bits per heavy atom. The maximum atomic E-state index is 5.55. The van der Waals surface area contributed by atoms with Crippen molar-refractivity contribution in [1.82, 2.24) is 0 Å². The molecule has 0 aliphatic heterocycles. The van der Waals surface area contributed by atoms with E-state index < -0.39 is 0 Å². The average molecular weight is 1240 g/mol. The zero-order valence-corrected chi connectivity index (χ0v) is 57.7. The molecule has 2 aromatic carbocycles. The second-order valence-corrected chi connectivity index (χ2v) is 25.8. The van der Waals surface area contributed by atoms with E-state index in [0.29, 0.717) is 0 Å². The van der Waals surface area contributed by atoms with E-state index >= 15 is 0 Å². The minimum absolute atomic E-state index is 0. The van der Waals surface area contributed by atoms with E-state index in [9.17, 15) is 0 Å². The van der Waals surface area contributed by atoms with Crippen molar-refractivity contribution in [3.8, 4) is 0 Å². The summed E-state index contributed by atoms with van der Waals surface area (Å²) < 4.78 is 0. The van der Waals surface area contributed by atoms with Gasteiger partial charge in [0.2, 0.25) is 0 Å². The van der Waals surface area contributed by atoms with Crippen LogP contribution in [0.25, 0.3) is 6.08 Å². The maximum absolute atomic E-state index is 5.55. The molecule has 0 saturated carbocycles. The first-order valence-electron chi connectivity index (χ1n) is 37.4. The van der Waals surface area contributed by atoms with Crippen molar-refractivity contribution in [3.05, 3.63) is 77.9 Å². The number of rotatable bonds is 63. The van der Waals surface area contributed by atoms with Crippen LogP contribution in [-0.4, -0.2) is 11.4 Å². The fourth-order valence-electron chi connectivity index (χ4n) is 12.2. The summed E-state index contributed by atoms with van der Waals surface area (Å²) in [6.45, 7) is 9.24. The van der Waals surface area contributed by atoms with Crippen molar-refractivity contribution in [2.24, 2.45) is 9.98 Å². The number of para-hydroxylation sites is 1. The second kappa shape index (κ2) is 64.4. The fraction of sp³-hybridized carbons (Fsp3) is 0.775. The van der Waals surface area contributed by atoms with Crippen LogP contribution in [0.1, 0.15) is 405 Å². The number of benzene rings is 2. The van der Waals surface area contributed by atoms with Gasteiger partial charge in [-0.25, -0.2) is 0 Å². The quantitative estimate of drug-likeness (QED) is 0.0273. The van der Waals surface area contributed by atoms with Crippen molar-refractivity contribution >= 4 is 28.9 Å². The molecule has 0 amide bonds. The van der Waals surface area contributed by atoms with Gasteiger partial charge in [-0.3, -0.25) is 9.98 Å². The standard InChI is InChI=1S/C80H140N2.Pd/c1-5-9-13-16-19-21-23-25-27-29-31-33-35-36-37-38-39-40-41-43-45-47-49-51-53-55-57-60-65-75-71-73-77(74-72-75)81-79(68-12-8-4)80(70-62-59-18-15-11-7-3)82-78-69-64-63-67-76(78)66-61-58-56-54-52-50-48-46-44-42-34-32-30-28-26-24-22-20-17-14-10-6-2;/h54,56,60,63-65,67,69,71-74H,5-53,55,57-59,61-62,66,68,70H2,1-4H3;/b56-54+,65-60+,81-79+,82-80+;. The van der Waals surface area contributed by atoms with Gasteiger partial charge in [-0.15, -0.1) is 0 Å². The van der Waals surface area contributed by atoms with Gasteiger partial charge >= 0.3 is 0 Å². The summed E-state index contributed by atoms with van der Waals surface area (Å²) in [4.78, 5) is 11.0. The molecule has 0 aromatic heterocycles. The number of allylic oxidation sites excluding steroid dienone is 3. The molecule has 83 heavy (non-hydrogen) atoms. The molecule has 0 fully saturated rings. The van der Waals surface area contributed by atoms with Gasteiger partial charge in [0, 0.05) is 20.4 Å². The first-order chi connectivity index (χ1) is 40.7. The Balaban J connectivity index is 0.0000344. The topological polar surface area (TPSA) is 24.7 Å². The summed E-state index contributed by atoms with van der Waals surface area (Å²) in [5.41, 5.74) is 7.29. The Morgan fingerprint density at radius 1 is 0.289 bits per heavy atom. The monoisotopic (exact) mass is 1240 g/mol. The van der Waals surface area contributed by atoms with E-state index in [1.165, 1.54) is 356 Å². The van der Waals surface area contributed by atoms with Crippen LogP contribution in [-0.2, 0) is 26.8 Å². The van der Waals surface area contributed by atoms with Crippen LogP contribution in [0.3, 0.4) is 0 Å². The zero-order chi connectivity index (χ0) is 58.4. The Kier molecular flexibility index (Phi) is 61.2. The third-order valence-corrected chi connectivity index (χ3v) is 17.8. The van der Waals surface area contributed by atoms with Gasteiger partial charge in [0.1, 0.15) is 0 Å². The summed E-state index contributed by atoms with van der Waals surface area (Å²) in [7, 11) is 0. The minimum atomic E-state index is 0. The molecule has 0 aliphatic rings. The molecule has 480 valence electrons. The summed E-state index contributed by atoms with van der Waals surface area (Å²) in [6, 6.07) is 18.0. The number of nitrogens with zero attached hydrogens (tertiary/aromatic N) is 2. The van der Waals surface area contributed by atoms with Crippen molar-refractivity contribution in [1.29, 1.82) is 0 Å². The van der Waals surface area contributed by atoms with E-state index in [1.807, 2.05) is 0 Å². The third kappa shape index (κ3) is 51.7. The molecule has 0 aliphatic carbocycles. The van der Waals surface area contributed by atoms with Gasteiger partial charge in [-0.1, -0.05) is 384 Å². The van der Waals surface area contributed by atoms with Gasteiger partial charge in [0.25, 0.3) is 0 Å². The molecule has 0 unspecified atom stereocenters. The maximum Gasteiger partial charge on any atom is 0.0665 e. The van der Waals surface area contributed by atoms with E-state index in [2.05, 4.69) is 101 Å². The van der Waals surface area contributed by atoms with Crippen LogP contribution in [0.2, 0.25) is 0 Å². The van der Waals surface area contributed by atoms with Crippen LogP contribution in [0.5, 0.6) is 0 Å². The molecule has 0 saturated heterocycles. The van der Waals surface area contributed by atoms with Crippen LogP contribution in [0.4, 0.5) is 11.4 Å². The Labute approximate surface area is 533 Å². The molecule has 0 heterocycles. The fourth-order valence-corrected chi connectivity index (χ4v) is 12.2. The van der Waals surface area contributed by atoms with E-state index in [0.717, 1.165) is 49.9 Å². The predicted molar refractivity (Wildman–Crippen MR) is 375 cm³/mol. The SMILES string of the molecule is CCCCCCCCCCCCCCCCCCC/C=C/CCCc1ccccc1/N=C(CCCCCCCC)/C(CCCC)=N/c1ccc(/C=C/CCCCCCCCCCCCCCCCCCCCCCCCCCCC)cc1.[Pd]. The third-order valence-electron chi connectivity index (χ3n) is 17.8. The molecule has 2 aromatic rings. The van der Waals surface area contributed by atoms with Gasteiger partial charge in [0.05, 0.1) is 22.8 Å². The number of unbranched alkanes of at least 4 members (excludes halogenated alkanes) is 50. The zero-order valence-electron chi connectivity index (χ0n) is 56.2. The summed E-state index contributed by atoms with van der Waals surface area (Å²) >= 11 is 0. The molecule has 0 bridgehead atoms.